The number of nitrogens with zero attached hydrogens (tertiary/aromatic N) is 2. The molecule has 1 unspecified atom stereocenters. The van der Waals surface area contributed by atoms with Crippen LogP contribution in [0.1, 0.15) is 22.5 Å². The molecule has 32 heavy (non-hydrogen) atoms. The van der Waals surface area contributed by atoms with E-state index < -0.39 is 15.9 Å². The quantitative estimate of drug-likeness (QED) is 0.456. The van der Waals surface area contributed by atoms with E-state index in [1.54, 1.807) is 29.4 Å². The van der Waals surface area contributed by atoms with Crippen molar-refractivity contribution in [1.29, 1.82) is 0 Å². The third-order valence-corrected chi connectivity index (χ3v) is 7.58. The van der Waals surface area contributed by atoms with Gasteiger partial charge in [-0.25, -0.2) is 13.4 Å². The number of para-hydroxylation sites is 1. The maximum absolute atomic E-state index is 13.9. The highest BCUT2D eigenvalue weighted by Gasteiger charge is 2.36. The van der Waals surface area contributed by atoms with Gasteiger partial charge in [-0.15, -0.1) is 0 Å². The largest absolute Gasteiger partial charge is 0.467 e. The summed E-state index contributed by atoms with van der Waals surface area (Å²) in [5.74, 6) is 0.448. The molecule has 2 aromatic heterocycles. The molecule has 4 aromatic rings. The molecule has 3 heterocycles. The zero-order valence-electron chi connectivity index (χ0n) is 17.3. The Labute approximate surface area is 186 Å². The van der Waals surface area contributed by atoms with E-state index in [1.807, 2.05) is 54.6 Å². The van der Waals surface area contributed by atoms with Crippen LogP contribution in [0.5, 0.6) is 0 Å². The molecule has 0 N–H and O–H groups in total. The van der Waals surface area contributed by atoms with Gasteiger partial charge in [0.25, 0.3) is 5.91 Å². The SMILES string of the molecule is O=C(c1cc(-c2ccccc2)nc2ccccc12)N(Cc1ccco1)C1CCS(=O)(=O)C1. The summed E-state index contributed by atoms with van der Waals surface area (Å²) in [4.78, 5) is 20.3. The number of pyridine rings is 1. The standard InChI is InChI=1S/C25H22N2O4S/c28-25(27(16-20-9-6-13-31-20)19-12-14-32(29,30)17-19)22-15-24(18-7-2-1-3-8-18)26-23-11-5-4-10-21(22)23/h1-11,13,15,19H,12,14,16-17H2. The zero-order chi connectivity index (χ0) is 22.1. The van der Waals surface area contributed by atoms with Crippen LogP contribution in [-0.4, -0.2) is 41.8 Å². The van der Waals surface area contributed by atoms with Gasteiger partial charge in [-0.2, -0.15) is 0 Å². The Morgan fingerprint density at radius 1 is 1.03 bits per heavy atom. The Morgan fingerprint density at radius 2 is 1.81 bits per heavy atom. The van der Waals surface area contributed by atoms with Crippen LogP contribution in [0.4, 0.5) is 0 Å². The Hall–Kier alpha value is -3.45. The normalized spacial score (nSPS) is 17.4. The molecular formula is C25H22N2O4S. The van der Waals surface area contributed by atoms with Crippen molar-refractivity contribution in [2.75, 3.05) is 11.5 Å². The molecule has 1 fully saturated rings. The average molecular weight is 447 g/mol. The van der Waals surface area contributed by atoms with Crippen molar-refractivity contribution in [2.45, 2.75) is 19.0 Å². The third-order valence-electron chi connectivity index (χ3n) is 5.83. The summed E-state index contributed by atoms with van der Waals surface area (Å²) in [6, 6.07) is 22.2. The lowest BCUT2D eigenvalue weighted by Gasteiger charge is -2.28. The van der Waals surface area contributed by atoms with Crippen LogP contribution in [0.15, 0.2) is 83.5 Å². The van der Waals surface area contributed by atoms with Gasteiger partial charge in [0.15, 0.2) is 9.84 Å². The van der Waals surface area contributed by atoms with Crippen molar-refractivity contribution in [3.8, 4) is 11.3 Å². The molecule has 1 saturated heterocycles. The van der Waals surface area contributed by atoms with E-state index in [9.17, 15) is 13.2 Å². The second-order valence-corrected chi connectivity index (χ2v) is 10.2. The molecule has 0 saturated carbocycles. The first kappa shape index (κ1) is 20.5. The van der Waals surface area contributed by atoms with Crippen LogP contribution in [0.2, 0.25) is 0 Å². The van der Waals surface area contributed by atoms with Gasteiger partial charge in [0.2, 0.25) is 0 Å². The number of amides is 1. The van der Waals surface area contributed by atoms with E-state index in [0.29, 0.717) is 29.0 Å². The van der Waals surface area contributed by atoms with E-state index in [2.05, 4.69) is 0 Å². The Kier molecular flexibility index (Phi) is 5.27. The smallest absolute Gasteiger partial charge is 0.255 e. The summed E-state index contributed by atoms with van der Waals surface area (Å²) >= 11 is 0. The molecule has 162 valence electrons. The van der Waals surface area contributed by atoms with Crippen LogP contribution < -0.4 is 0 Å². The minimum absolute atomic E-state index is 0.0337. The number of carbonyl (C=O) groups excluding carboxylic acids is 1. The number of aromatic nitrogens is 1. The highest BCUT2D eigenvalue weighted by atomic mass is 32.2. The molecule has 0 radical (unpaired) electrons. The number of sulfone groups is 1. The van der Waals surface area contributed by atoms with Crippen LogP contribution in [0.25, 0.3) is 22.2 Å². The minimum Gasteiger partial charge on any atom is -0.467 e. The summed E-state index contributed by atoms with van der Waals surface area (Å²) in [7, 11) is -3.17. The van der Waals surface area contributed by atoms with E-state index in [0.717, 1.165) is 10.9 Å². The molecule has 0 spiro atoms. The fraction of sp³-hybridized carbons (Fsp3) is 0.200. The van der Waals surface area contributed by atoms with Crippen LogP contribution in [0.3, 0.4) is 0 Å². The molecule has 2 aromatic carbocycles. The molecule has 6 nitrogen and oxygen atoms in total. The first-order chi connectivity index (χ1) is 15.5. The van der Waals surface area contributed by atoms with Gasteiger partial charge in [0.1, 0.15) is 5.76 Å². The Balaban J connectivity index is 1.62. The lowest BCUT2D eigenvalue weighted by Crippen LogP contribution is -2.40. The van der Waals surface area contributed by atoms with Crippen molar-refractivity contribution in [3.63, 3.8) is 0 Å². The van der Waals surface area contributed by atoms with Crippen LogP contribution in [0, 0.1) is 0 Å². The predicted molar refractivity (Wildman–Crippen MR) is 123 cm³/mol. The van der Waals surface area contributed by atoms with Gasteiger partial charge in [0.05, 0.1) is 41.1 Å². The monoisotopic (exact) mass is 446 g/mol. The number of benzene rings is 2. The van der Waals surface area contributed by atoms with Crippen LogP contribution in [-0.2, 0) is 16.4 Å². The Bertz CT molecular complexity index is 1370. The summed E-state index contributed by atoms with van der Waals surface area (Å²) < 4.78 is 29.9. The maximum atomic E-state index is 13.9. The van der Waals surface area contributed by atoms with E-state index in [-0.39, 0.29) is 24.0 Å². The van der Waals surface area contributed by atoms with E-state index in [1.165, 1.54) is 0 Å². The molecule has 5 rings (SSSR count). The third kappa shape index (κ3) is 4.03. The number of hydrogen-bond acceptors (Lipinski definition) is 5. The maximum Gasteiger partial charge on any atom is 0.255 e. The lowest BCUT2D eigenvalue weighted by molar-refractivity contribution is 0.0668. The van der Waals surface area contributed by atoms with Gasteiger partial charge in [-0.3, -0.25) is 4.79 Å². The molecule has 1 atom stereocenters. The molecule has 0 aliphatic carbocycles. The molecular weight excluding hydrogens is 424 g/mol. The summed E-state index contributed by atoms with van der Waals surface area (Å²) in [5, 5.41) is 0.738. The Morgan fingerprint density at radius 3 is 2.53 bits per heavy atom. The number of furan rings is 1. The van der Waals surface area contributed by atoms with Crippen molar-refractivity contribution in [3.05, 3.63) is 90.4 Å². The second-order valence-electron chi connectivity index (χ2n) is 8.01. The summed E-state index contributed by atoms with van der Waals surface area (Å²) in [6.45, 7) is 0.212. The van der Waals surface area contributed by atoms with Crippen molar-refractivity contribution >= 4 is 26.6 Å². The highest BCUT2D eigenvalue weighted by Crippen LogP contribution is 2.29. The van der Waals surface area contributed by atoms with Gasteiger partial charge in [-0.1, -0.05) is 48.5 Å². The fourth-order valence-corrected chi connectivity index (χ4v) is 5.95. The van der Waals surface area contributed by atoms with Gasteiger partial charge < -0.3 is 9.32 Å². The predicted octanol–water partition coefficient (Wildman–Crippen LogP) is 4.32. The first-order valence-corrected chi connectivity index (χ1v) is 12.3. The van der Waals surface area contributed by atoms with Gasteiger partial charge in [-0.05, 0) is 30.7 Å². The van der Waals surface area contributed by atoms with Crippen molar-refractivity contribution in [1.82, 2.24) is 9.88 Å². The molecule has 7 heteroatoms. The average Bonchev–Trinajstić information content (AvgIpc) is 3.46. The number of hydrogen-bond donors (Lipinski definition) is 0. The van der Waals surface area contributed by atoms with Crippen LogP contribution >= 0.6 is 0 Å². The number of fused-ring (bicyclic) bond motifs is 1. The van der Waals surface area contributed by atoms with Gasteiger partial charge >= 0.3 is 0 Å². The summed E-state index contributed by atoms with van der Waals surface area (Å²) in [5.41, 5.74) is 2.83. The van der Waals surface area contributed by atoms with E-state index >= 15 is 0 Å². The fourth-order valence-electron chi connectivity index (χ4n) is 4.22. The second kappa shape index (κ2) is 8.24. The van der Waals surface area contributed by atoms with Crippen molar-refractivity contribution in [2.24, 2.45) is 0 Å². The number of rotatable bonds is 5. The molecule has 1 aliphatic rings. The molecule has 1 aliphatic heterocycles. The summed E-state index contributed by atoms with van der Waals surface area (Å²) in [6.07, 6.45) is 1.97. The molecule has 0 bridgehead atoms. The topological polar surface area (TPSA) is 80.5 Å². The number of carbonyl (C=O) groups is 1. The highest BCUT2D eigenvalue weighted by molar-refractivity contribution is 7.91. The zero-order valence-corrected chi connectivity index (χ0v) is 18.2. The lowest BCUT2D eigenvalue weighted by atomic mass is 10.0. The minimum atomic E-state index is -3.17. The first-order valence-electron chi connectivity index (χ1n) is 10.5. The molecule has 1 amide bonds. The van der Waals surface area contributed by atoms with E-state index in [4.69, 9.17) is 9.40 Å². The van der Waals surface area contributed by atoms with Gasteiger partial charge in [0, 0.05) is 17.0 Å². The van der Waals surface area contributed by atoms with Crippen molar-refractivity contribution < 1.29 is 17.6 Å².